The molecule has 0 aliphatic rings. The van der Waals surface area contributed by atoms with E-state index in [0.717, 1.165) is 5.52 Å². The van der Waals surface area contributed by atoms with Crippen LogP contribution in [0.4, 0.5) is 15.7 Å². The molecule has 0 aliphatic heterocycles. The first-order valence-electron chi connectivity index (χ1n) is 11.4. The van der Waals surface area contributed by atoms with Gasteiger partial charge in [-0.15, -0.1) is 0 Å². The number of hydrogen-bond donors (Lipinski definition) is 4. The number of aromatic amines is 1. The highest BCUT2D eigenvalue weighted by Gasteiger charge is 2.22. The number of hydrogen-bond acceptors (Lipinski definition) is 10. The summed E-state index contributed by atoms with van der Waals surface area (Å²) in [7, 11) is 0. The maximum absolute atomic E-state index is 13.1. The van der Waals surface area contributed by atoms with Gasteiger partial charge in [-0.2, -0.15) is 0 Å². The molecule has 4 rings (SSSR count). The number of aromatic nitrogens is 4. The van der Waals surface area contributed by atoms with Gasteiger partial charge >= 0.3 is 12.1 Å². The second kappa shape index (κ2) is 11.5. The van der Waals surface area contributed by atoms with Crippen molar-refractivity contribution >= 4 is 51.2 Å². The number of benzene rings is 1. The maximum atomic E-state index is 13.1. The molecule has 0 atom stereocenters. The summed E-state index contributed by atoms with van der Waals surface area (Å²) in [6.07, 6.45) is 2.43. The topological polar surface area (TPSA) is 172 Å². The molecule has 3 aromatic heterocycles. The van der Waals surface area contributed by atoms with Crippen molar-refractivity contribution in [3.8, 4) is 5.75 Å². The smallest absolute Gasteiger partial charge is 0.420 e. The fourth-order valence-corrected chi connectivity index (χ4v) is 4.15. The molecule has 192 valence electrons. The lowest BCUT2D eigenvalue weighted by molar-refractivity contribution is -0.142. The summed E-state index contributed by atoms with van der Waals surface area (Å²) < 4.78 is 10.7. The molecule has 37 heavy (non-hydrogen) atoms. The fraction of sp³-hybridized carbons (Fsp3) is 0.250. The Morgan fingerprint density at radius 3 is 2.78 bits per heavy atom. The van der Waals surface area contributed by atoms with E-state index in [1.54, 1.807) is 49.6 Å². The van der Waals surface area contributed by atoms with Crippen molar-refractivity contribution < 1.29 is 19.1 Å². The maximum Gasteiger partial charge on any atom is 0.420 e. The van der Waals surface area contributed by atoms with Gasteiger partial charge in [-0.05, 0) is 38.1 Å². The van der Waals surface area contributed by atoms with Crippen LogP contribution in [-0.2, 0) is 16.1 Å². The summed E-state index contributed by atoms with van der Waals surface area (Å²) in [5, 5.41) is 11.3. The number of carbonyl (C=O) groups excluding carboxylic acids is 2. The van der Waals surface area contributed by atoms with Crippen LogP contribution in [0.1, 0.15) is 29.6 Å². The number of rotatable bonds is 10. The van der Waals surface area contributed by atoms with Crippen LogP contribution in [0.3, 0.4) is 0 Å². The third-order valence-electron chi connectivity index (χ3n) is 5.27. The minimum Gasteiger partial charge on any atom is -0.466 e. The number of ether oxygens (including phenoxy) is 2. The number of amides is 1. The van der Waals surface area contributed by atoms with Crippen molar-refractivity contribution in [3.05, 3.63) is 59.0 Å². The molecule has 3 heterocycles. The molecular formula is C24H26N8O4S. The molecule has 4 aromatic rings. The minimum atomic E-state index is -0.673. The first-order chi connectivity index (χ1) is 17.9. The lowest BCUT2D eigenvalue weighted by atomic mass is 10.2. The highest BCUT2D eigenvalue weighted by atomic mass is 32.1. The predicted molar refractivity (Wildman–Crippen MR) is 140 cm³/mol. The number of amidine groups is 1. The summed E-state index contributed by atoms with van der Waals surface area (Å²) in [5.74, 6) is 0.910. The Morgan fingerprint density at radius 1 is 1.24 bits per heavy atom. The van der Waals surface area contributed by atoms with Crippen LogP contribution in [0.25, 0.3) is 11.0 Å². The van der Waals surface area contributed by atoms with E-state index in [1.807, 2.05) is 6.92 Å². The molecular weight excluding hydrogens is 496 g/mol. The second-order valence-corrected chi connectivity index (χ2v) is 8.86. The van der Waals surface area contributed by atoms with Gasteiger partial charge in [0.1, 0.15) is 23.2 Å². The SMILES string of the molecule is CCOC(=O)CCN(C(=O)Oc1ccc2[nH]c(CNc3ncc(C(=N)N)s3)nc2c1C)c1ccccn1. The molecule has 0 bridgehead atoms. The van der Waals surface area contributed by atoms with E-state index >= 15 is 0 Å². The lowest BCUT2D eigenvalue weighted by Crippen LogP contribution is -2.36. The highest BCUT2D eigenvalue weighted by molar-refractivity contribution is 7.17. The third-order valence-corrected chi connectivity index (χ3v) is 6.26. The average Bonchev–Trinajstić information content (AvgIpc) is 3.53. The molecule has 5 N–H and O–H groups in total. The lowest BCUT2D eigenvalue weighted by Gasteiger charge is -2.21. The van der Waals surface area contributed by atoms with Crippen LogP contribution in [0.2, 0.25) is 0 Å². The molecule has 0 unspecified atom stereocenters. The summed E-state index contributed by atoms with van der Waals surface area (Å²) in [6, 6.07) is 8.61. The Morgan fingerprint density at radius 2 is 2.08 bits per heavy atom. The van der Waals surface area contributed by atoms with Crippen LogP contribution < -0.4 is 20.7 Å². The summed E-state index contributed by atoms with van der Waals surface area (Å²) >= 11 is 1.28. The van der Waals surface area contributed by atoms with E-state index in [1.165, 1.54) is 16.2 Å². The number of nitrogens with two attached hydrogens (primary N) is 1. The van der Waals surface area contributed by atoms with Gasteiger partial charge in [0.05, 0.1) is 41.7 Å². The number of anilines is 2. The number of nitrogen functional groups attached to an aromatic ring is 1. The zero-order valence-electron chi connectivity index (χ0n) is 20.3. The number of H-pyrrole nitrogens is 1. The van der Waals surface area contributed by atoms with E-state index in [-0.39, 0.29) is 25.4 Å². The van der Waals surface area contributed by atoms with Crippen molar-refractivity contribution in [2.24, 2.45) is 5.73 Å². The number of pyridine rings is 1. The van der Waals surface area contributed by atoms with Gasteiger partial charge in [-0.3, -0.25) is 15.1 Å². The number of thiazole rings is 1. The Hall–Kier alpha value is -4.52. The Bertz CT molecular complexity index is 1420. The Kier molecular flexibility index (Phi) is 7.93. The van der Waals surface area contributed by atoms with E-state index in [0.29, 0.717) is 45.0 Å². The molecule has 0 saturated carbocycles. The second-order valence-electron chi connectivity index (χ2n) is 7.83. The predicted octanol–water partition coefficient (Wildman–Crippen LogP) is 3.58. The zero-order valence-corrected chi connectivity index (χ0v) is 21.1. The van der Waals surface area contributed by atoms with E-state index in [2.05, 4.69) is 25.3 Å². The molecule has 13 heteroatoms. The molecule has 0 aliphatic carbocycles. The number of imidazole rings is 1. The minimum absolute atomic E-state index is 0.000263. The van der Waals surface area contributed by atoms with Crippen LogP contribution in [0.5, 0.6) is 5.75 Å². The number of carbonyl (C=O) groups is 2. The van der Waals surface area contributed by atoms with E-state index < -0.39 is 12.1 Å². The van der Waals surface area contributed by atoms with Crippen LogP contribution in [0.15, 0.2) is 42.7 Å². The number of aryl methyl sites for hydroxylation is 1. The van der Waals surface area contributed by atoms with Gasteiger partial charge in [0.2, 0.25) is 0 Å². The van der Waals surface area contributed by atoms with Crippen molar-refractivity contribution in [1.82, 2.24) is 19.9 Å². The van der Waals surface area contributed by atoms with E-state index in [9.17, 15) is 9.59 Å². The molecule has 12 nitrogen and oxygen atoms in total. The summed E-state index contributed by atoms with van der Waals surface area (Å²) in [4.78, 5) is 43.2. The average molecular weight is 523 g/mol. The van der Waals surface area contributed by atoms with Crippen LogP contribution >= 0.6 is 11.3 Å². The monoisotopic (exact) mass is 522 g/mol. The van der Waals surface area contributed by atoms with Crippen molar-refractivity contribution in [2.75, 3.05) is 23.4 Å². The van der Waals surface area contributed by atoms with Gasteiger partial charge in [0.15, 0.2) is 5.13 Å². The van der Waals surface area contributed by atoms with Crippen molar-refractivity contribution in [1.29, 1.82) is 5.41 Å². The van der Waals surface area contributed by atoms with Gasteiger partial charge in [-0.25, -0.2) is 19.7 Å². The summed E-state index contributed by atoms with van der Waals surface area (Å²) in [6.45, 7) is 4.22. The zero-order chi connectivity index (χ0) is 26.4. The van der Waals surface area contributed by atoms with Gasteiger partial charge in [0, 0.05) is 18.3 Å². The molecule has 0 spiro atoms. The molecule has 0 saturated heterocycles. The largest absolute Gasteiger partial charge is 0.466 e. The Labute approximate surface area is 216 Å². The third kappa shape index (κ3) is 6.19. The van der Waals surface area contributed by atoms with Crippen LogP contribution in [-0.4, -0.2) is 51.0 Å². The van der Waals surface area contributed by atoms with Crippen LogP contribution in [0, 0.1) is 12.3 Å². The van der Waals surface area contributed by atoms with Gasteiger partial charge in [-0.1, -0.05) is 17.4 Å². The summed E-state index contributed by atoms with van der Waals surface area (Å²) in [5.41, 5.74) is 7.60. The normalized spacial score (nSPS) is 10.8. The number of nitrogens with zero attached hydrogens (tertiary/aromatic N) is 4. The van der Waals surface area contributed by atoms with Gasteiger partial charge < -0.3 is 25.5 Å². The standard InChI is InChI=1S/C24H26N8O4S/c1-3-35-20(33)9-11-32(19-6-4-5-10-27-19)24(34)36-16-8-7-15-21(14(16)2)31-18(30-15)13-29-23-28-12-17(37-23)22(25)26/h4-8,10,12H,3,9,11,13H2,1-2H3,(H3,25,26)(H,28,29)(H,30,31). The number of fused-ring (bicyclic) bond motifs is 1. The quantitative estimate of drug-likeness (QED) is 0.138. The van der Waals surface area contributed by atoms with E-state index in [4.69, 9.17) is 20.6 Å². The van der Waals surface area contributed by atoms with Gasteiger partial charge in [0.25, 0.3) is 0 Å². The molecule has 0 fully saturated rings. The highest BCUT2D eigenvalue weighted by Crippen LogP contribution is 2.27. The Balaban J connectivity index is 1.49. The van der Waals surface area contributed by atoms with Crippen molar-refractivity contribution in [3.63, 3.8) is 0 Å². The number of esters is 1. The molecule has 0 radical (unpaired) electrons. The van der Waals surface area contributed by atoms with Crippen molar-refractivity contribution in [2.45, 2.75) is 26.8 Å². The number of nitrogens with one attached hydrogen (secondary N) is 3. The first-order valence-corrected chi connectivity index (χ1v) is 12.3. The molecule has 1 aromatic carbocycles. The molecule has 1 amide bonds. The first kappa shape index (κ1) is 25.6. The fourth-order valence-electron chi connectivity index (χ4n) is 3.48.